The number of nitrogens with one attached hydrogen (secondary N) is 1. The molecule has 0 aromatic carbocycles. The van der Waals surface area contributed by atoms with E-state index in [2.05, 4.69) is 30.5 Å². The second kappa shape index (κ2) is 3.92. The fourth-order valence-electron chi connectivity index (χ4n) is 2.94. The van der Waals surface area contributed by atoms with Crippen molar-refractivity contribution < 1.29 is 4.79 Å². The highest BCUT2D eigenvalue weighted by molar-refractivity contribution is 5.94. The van der Waals surface area contributed by atoms with Gasteiger partial charge in [-0.25, -0.2) is 10.2 Å². The first-order valence-corrected chi connectivity index (χ1v) is 5.85. The molecule has 16 heavy (non-hydrogen) atoms. The summed E-state index contributed by atoms with van der Waals surface area (Å²) in [6, 6.07) is -0.592. The largest absolute Gasteiger partial charge is 0.350 e. The molecule has 0 aromatic heterocycles. The third-order valence-electron chi connectivity index (χ3n) is 3.79. The van der Waals surface area contributed by atoms with Crippen molar-refractivity contribution in [1.82, 2.24) is 5.43 Å². The summed E-state index contributed by atoms with van der Waals surface area (Å²) >= 11 is 0. The Kier molecular flexibility index (Phi) is 2.74. The van der Waals surface area contributed by atoms with Crippen LogP contribution in [0.3, 0.4) is 0 Å². The number of hydrazone groups is 1. The van der Waals surface area contributed by atoms with Gasteiger partial charge in [-0.05, 0) is 31.6 Å². The van der Waals surface area contributed by atoms with Gasteiger partial charge >= 0.3 is 6.03 Å². The molecule has 0 aliphatic heterocycles. The molecule has 2 aliphatic carbocycles. The molecule has 2 aliphatic rings. The Hall–Kier alpha value is -1.32. The van der Waals surface area contributed by atoms with Gasteiger partial charge in [-0.2, -0.15) is 5.10 Å². The third kappa shape index (κ3) is 1.84. The molecule has 2 rings (SSSR count). The lowest BCUT2D eigenvalue weighted by molar-refractivity contribution is 0.249. The van der Waals surface area contributed by atoms with Crippen LogP contribution >= 0.6 is 0 Å². The van der Waals surface area contributed by atoms with E-state index in [1.54, 1.807) is 0 Å². The summed E-state index contributed by atoms with van der Waals surface area (Å²) in [5.41, 5.74) is 9.88. The number of hydrogen-bond acceptors (Lipinski definition) is 2. The zero-order valence-electron chi connectivity index (χ0n) is 9.92. The molecule has 1 fully saturated rings. The second-order valence-electron chi connectivity index (χ2n) is 5.13. The van der Waals surface area contributed by atoms with Gasteiger partial charge in [0.25, 0.3) is 0 Å². The molecule has 1 saturated carbocycles. The number of carbonyl (C=O) groups is 1. The molecular formula is C12H19N3O. The van der Waals surface area contributed by atoms with Gasteiger partial charge in [-0.1, -0.05) is 25.5 Å². The fourth-order valence-corrected chi connectivity index (χ4v) is 2.94. The van der Waals surface area contributed by atoms with Gasteiger partial charge in [-0.3, -0.25) is 0 Å². The lowest BCUT2D eigenvalue weighted by Gasteiger charge is -2.37. The average Bonchev–Trinajstić information content (AvgIpc) is 2.65. The first kappa shape index (κ1) is 11.2. The van der Waals surface area contributed by atoms with Gasteiger partial charge in [0.2, 0.25) is 0 Å². The van der Waals surface area contributed by atoms with Crippen LogP contribution in [0.5, 0.6) is 0 Å². The lowest BCUT2D eigenvalue weighted by Crippen LogP contribution is -2.37. The predicted molar refractivity (Wildman–Crippen MR) is 64.0 cm³/mol. The highest BCUT2D eigenvalue weighted by Crippen LogP contribution is 2.46. The summed E-state index contributed by atoms with van der Waals surface area (Å²) in [6.07, 6.45) is 6.89. The van der Waals surface area contributed by atoms with Crippen molar-refractivity contribution in [3.8, 4) is 0 Å². The van der Waals surface area contributed by atoms with Crippen molar-refractivity contribution in [1.29, 1.82) is 0 Å². The lowest BCUT2D eigenvalue weighted by atomic mass is 9.68. The van der Waals surface area contributed by atoms with Gasteiger partial charge in [0.05, 0.1) is 0 Å². The van der Waals surface area contributed by atoms with Gasteiger partial charge in [0.1, 0.15) is 0 Å². The Morgan fingerprint density at radius 3 is 3.00 bits per heavy atom. The summed E-state index contributed by atoms with van der Waals surface area (Å²) < 4.78 is 0. The Balaban J connectivity index is 2.22. The molecule has 0 aromatic rings. The molecule has 4 heteroatoms. The maximum atomic E-state index is 10.7. The number of urea groups is 1. The van der Waals surface area contributed by atoms with E-state index in [9.17, 15) is 4.79 Å². The van der Waals surface area contributed by atoms with Crippen molar-refractivity contribution in [3.63, 3.8) is 0 Å². The molecule has 4 nitrogen and oxygen atoms in total. The number of rotatable bonds is 1. The summed E-state index contributed by atoms with van der Waals surface area (Å²) in [4.78, 5) is 10.7. The molecule has 0 radical (unpaired) electrons. The van der Waals surface area contributed by atoms with Gasteiger partial charge < -0.3 is 5.73 Å². The monoisotopic (exact) mass is 221 g/mol. The van der Waals surface area contributed by atoms with Crippen molar-refractivity contribution in [2.45, 2.75) is 39.5 Å². The highest BCUT2D eigenvalue weighted by Gasteiger charge is 2.39. The first-order valence-electron chi connectivity index (χ1n) is 5.85. The van der Waals surface area contributed by atoms with Gasteiger partial charge in [-0.15, -0.1) is 0 Å². The first-order chi connectivity index (χ1) is 7.51. The van der Waals surface area contributed by atoms with Crippen LogP contribution in [0.4, 0.5) is 4.79 Å². The number of nitrogens with two attached hydrogens (primary N) is 1. The van der Waals surface area contributed by atoms with E-state index in [1.807, 2.05) is 0 Å². The predicted octanol–water partition coefficient (Wildman–Crippen LogP) is 2.17. The van der Waals surface area contributed by atoms with Crippen LogP contribution in [-0.2, 0) is 0 Å². The van der Waals surface area contributed by atoms with E-state index in [-0.39, 0.29) is 5.41 Å². The van der Waals surface area contributed by atoms with E-state index in [1.165, 1.54) is 18.4 Å². The highest BCUT2D eigenvalue weighted by atomic mass is 16.2. The number of allylic oxidation sites excluding steroid dienone is 2. The topological polar surface area (TPSA) is 67.5 Å². The second-order valence-corrected chi connectivity index (χ2v) is 5.13. The molecule has 3 N–H and O–H groups in total. The maximum absolute atomic E-state index is 10.7. The zero-order valence-corrected chi connectivity index (χ0v) is 9.92. The summed E-state index contributed by atoms with van der Waals surface area (Å²) in [5, 5.41) is 4.15. The minimum Gasteiger partial charge on any atom is -0.350 e. The maximum Gasteiger partial charge on any atom is 0.332 e. The van der Waals surface area contributed by atoms with E-state index in [0.717, 1.165) is 24.5 Å². The zero-order chi connectivity index (χ0) is 11.8. The molecule has 0 saturated heterocycles. The van der Waals surface area contributed by atoms with Gasteiger partial charge in [0.15, 0.2) is 0 Å². The van der Waals surface area contributed by atoms with E-state index in [0.29, 0.717) is 0 Å². The molecule has 0 spiro atoms. The quantitative estimate of drug-likeness (QED) is 0.517. The number of fused-ring (bicyclic) bond motifs is 1. The van der Waals surface area contributed by atoms with Crippen LogP contribution < -0.4 is 11.2 Å². The van der Waals surface area contributed by atoms with Gasteiger partial charge in [0, 0.05) is 11.1 Å². The minimum absolute atomic E-state index is 0.0259. The van der Waals surface area contributed by atoms with E-state index >= 15 is 0 Å². The van der Waals surface area contributed by atoms with Crippen LogP contribution in [0, 0.1) is 11.3 Å². The van der Waals surface area contributed by atoms with Crippen LogP contribution in [0.15, 0.2) is 16.8 Å². The van der Waals surface area contributed by atoms with Crippen molar-refractivity contribution in [2.24, 2.45) is 22.2 Å². The number of primary amides is 1. The Labute approximate surface area is 96.0 Å². The SMILES string of the molecule is CC1(C)C2=CCCC2CC/C1=N/NC(N)=O. The van der Waals surface area contributed by atoms with E-state index < -0.39 is 6.03 Å². The van der Waals surface area contributed by atoms with E-state index in [4.69, 9.17) is 5.73 Å². The number of hydrogen-bond donors (Lipinski definition) is 2. The van der Waals surface area contributed by atoms with Crippen molar-refractivity contribution in [2.75, 3.05) is 0 Å². The molecule has 88 valence electrons. The summed E-state index contributed by atoms with van der Waals surface area (Å²) in [5.74, 6) is 0.725. The number of nitrogens with zero attached hydrogens (tertiary/aromatic N) is 1. The molecule has 0 heterocycles. The molecule has 2 amide bonds. The van der Waals surface area contributed by atoms with Crippen molar-refractivity contribution in [3.05, 3.63) is 11.6 Å². The van der Waals surface area contributed by atoms with Crippen LogP contribution in [0.1, 0.15) is 39.5 Å². The molecule has 1 atom stereocenters. The number of amides is 2. The number of carbonyl (C=O) groups excluding carboxylic acids is 1. The molecule has 0 bridgehead atoms. The van der Waals surface area contributed by atoms with Crippen LogP contribution in [0.2, 0.25) is 0 Å². The normalized spacial score (nSPS) is 29.8. The third-order valence-corrected chi connectivity index (χ3v) is 3.79. The van der Waals surface area contributed by atoms with Crippen molar-refractivity contribution >= 4 is 11.7 Å². The minimum atomic E-state index is -0.592. The Morgan fingerprint density at radius 2 is 2.31 bits per heavy atom. The summed E-state index contributed by atoms with van der Waals surface area (Å²) in [6.45, 7) is 4.36. The smallest absolute Gasteiger partial charge is 0.332 e. The Morgan fingerprint density at radius 1 is 1.56 bits per heavy atom. The van der Waals surface area contributed by atoms with Crippen LogP contribution in [-0.4, -0.2) is 11.7 Å². The Bertz CT molecular complexity index is 368. The standard InChI is InChI=1S/C12H19N3O/c1-12(2)9-5-3-4-8(9)6-7-10(12)14-15-11(13)16/h5,8H,3-4,6-7H2,1-2H3,(H3,13,15,16)/b14-10-. The molecular weight excluding hydrogens is 202 g/mol. The molecule has 1 unspecified atom stereocenters. The fraction of sp³-hybridized carbons (Fsp3) is 0.667. The average molecular weight is 221 g/mol. The summed E-state index contributed by atoms with van der Waals surface area (Å²) in [7, 11) is 0. The van der Waals surface area contributed by atoms with Crippen LogP contribution in [0.25, 0.3) is 0 Å².